The molecule has 1 aromatic rings. The molecule has 7 heteroatoms. The van der Waals surface area contributed by atoms with Crippen LogP contribution in [-0.2, 0) is 0 Å². The molecule has 17 heavy (non-hydrogen) atoms. The first-order valence-corrected chi connectivity index (χ1v) is 5.77. The van der Waals surface area contributed by atoms with Gasteiger partial charge in [-0.3, -0.25) is 9.63 Å². The third-order valence-electron chi connectivity index (χ3n) is 2.55. The van der Waals surface area contributed by atoms with Gasteiger partial charge in [0.25, 0.3) is 0 Å². The number of carbonyl (C=O) groups excluding carboxylic acids is 1. The van der Waals surface area contributed by atoms with Gasteiger partial charge in [-0.1, -0.05) is 11.6 Å². The van der Waals surface area contributed by atoms with Gasteiger partial charge in [0.1, 0.15) is 5.02 Å². The summed E-state index contributed by atoms with van der Waals surface area (Å²) >= 11 is 5.60. The summed E-state index contributed by atoms with van der Waals surface area (Å²) in [5.74, 6) is 0. The van der Waals surface area contributed by atoms with Crippen molar-refractivity contribution in [2.45, 2.75) is 19.3 Å². The SMILES string of the molecule is O=C(On1nccc(Cl)c1=O)N1CCCCC1. The van der Waals surface area contributed by atoms with Gasteiger partial charge in [0.15, 0.2) is 0 Å². The maximum absolute atomic E-state index is 11.7. The molecule has 0 N–H and O–H groups in total. The Kier molecular flexibility index (Phi) is 3.63. The van der Waals surface area contributed by atoms with Crippen LogP contribution >= 0.6 is 11.6 Å². The van der Waals surface area contributed by atoms with Gasteiger partial charge < -0.3 is 4.90 Å². The summed E-state index contributed by atoms with van der Waals surface area (Å²) in [6.07, 6.45) is 3.74. The van der Waals surface area contributed by atoms with Gasteiger partial charge in [0.05, 0.1) is 6.20 Å². The summed E-state index contributed by atoms with van der Waals surface area (Å²) < 4.78 is 0. The van der Waals surface area contributed by atoms with E-state index in [0.717, 1.165) is 19.3 Å². The monoisotopic (exact) mass is 257 g/mol. The summed E-state index contributed by atoms with van der Waals surface area (Å²) in [5, 5.41) is 3.59. The van der Waals surface area contributed by atoms with Crippen molar-refractivity contribution in [2.75, 3.05) is 13.1 Å². The smallest absolute Gasteiger partial charge is 0.306 e. The van der Waals surface area contributed by atoms with Gasteiger partial charge in [-0.25, -0.2) is 4.79 Å². The molecule has 1 saturated heterocycles. The van der Waals surface area contributed by atoms with E-state index in [-0.39, 0.29) is 5.02 Å². The largest absolute Gasteiger partial charge is 0.436 e. The molecule has 1 aliphatic rings. The van der Waals surface area contributed by atoms with E-state index in [2.05, 4.69) is 5.10 Å². The lowest BCUT2D eigenvalue weighted by Gasteiger charge is -2.25. The average molecular weight is 258 g/mol. The van der Waals surface area contributed by atoms with Crippen LogP contribution < -0.4 is 10.4 Å². The molecule has 0 bridgehead atoms. The number of hydrogen-bond acceptors (Lipinski definition) is 4. The van der Waals surface area contributed by atoms with Crippen LogP contribution in [0.15, 0.2) is 17.1 Å². The van der Waals surface area contributed by atoms with E-state index in [1.807, 2.05) is 0 Å². The van der Waals surface area contributed by atoms with Crippen LogP contribution in [0.25, 0.3) is 0 Å². The highest BCUT2D eigenvalue weighted by Crippen LogP contribution is 2.08. The normalized spacial score (nSPS) is 15.7. The average Bonchev–Trinajstić information content (AvgIpc) is 2.36. The van der Waals surface area contributed by atoms with E-state index in [1.54, 1.807) is 4.90 Å². The Morgan fingerprint density at radius 1 is 1.35 bits per heavy atom. The van der Waals surface area contributed by atoms with E-state index >= 15 is 0 Å². The summed E-state index contributed by atoms with van der Waals surface area (Å²) in [4.78, 5) is 30.2. The quantitative estimate of drug-likeness (QED) is 0.751. The predicted molar refractivity (Wildman–Crippen MR) is 60.9 cm³/mol. The number of amides is 1. The Bertz CT molecular complexity index is 468. The van der Waals surface area contributed by atoms with Crippen LogP contribution in [0.3, 0.4) is 0 Å². The maximum atomic E-state index is 11.7. The van der Waals surface area contributed by atoms with Crippen molar-refractivity contribution >= 4 is 17.7 Å². The Hall–Kier alpha value is -1.56. The molecule has 0 aromatic carbocycles. The summed E-state index contributed by atoms with van der Waals surface area (Å²) in [7, 11) is 0. The maximum Gasteiger partial charge on any atom is 0.436 e. The lowest BCUT2D eigenvalue weighted by molar-refractivity contribution is 0.0675. The topological polar surface area (TPSA) is 64.4 Å². The number of rotatable bonds is 1. The number of piperidine rings is 1. The van der Waals surface area contributed by atoms with Gasteiger partial charge in [0.2, 0.25) is 0 Å². The minimum Gasteiger partial charge on any atom is -0.306 e. The van der Waals surface area contributed by atoms with E-state index in [0.29, 0.717) is 17.9 Å². The summed E-state index contributed by atoms with van der Waals surface area (Å²) in [6.45, 7) is 1.29. The molecular formula is C10H12ClN3O3. The molecule has 6 nitrogen and oxygen atoms in total. The zero-order valence-electron chi connectivity index (χ0n) is 9.13. The van der Waals surface area contributed by atoms with Gasteiger partial charge in [-0.05, 0) is 30.2 Å². The molecule has 0 aliphatic carbocycles. The zero-order valence-corrected chi connectivity index (χ0v) is 9.89. The van der Waals surface area contributed by atoms with Crippen LogP contribution in [-0.4, -0.2) is 34.0 Å². The highest BCUT2D eigenvalue weighted by atomic mass is 35.5. The molecule has 2 rings (SSSR count). The minimum absolute atomic E-state index is 0.0357. The molecule has 0 saturated carbocycles. The van der Waals surface area contributed by atoms with E-state index in [4.69, 9.17) is 16.4 Å². The second-order valence-electron chi connectivity index (χ2n) is 3.76. The number of aromatic nitrogens is 2. The van der Waals surface area contributed by atoms with E-state index in [1.165, 1.54) is 12.3 Å². The summed E-state index contributed by atoms with van der Waals surface area (Å²) in [6, 6.07) is 1.34. The fourth-order valence-corrected chi connectivity index (χ4v) is 1.78. The van der Waals surface area contributed by atoms with Crippen LogP contribution in [0.1, 0.15) is 19.3 Å². The summed E-state index contributed by atoms with van der Waals surface area (Å²) in [5.41, 5.74) is -0.639. The molecule has 1 aromatic heterocycles. The van der Waals surface area contributed by atoms with Crippen LogP contribution in [0.5, 0.6) is 0 Å². The minimum atomic E-state index is -0.639. The Morgan fingerprint density at radius 2 is 2.06 bits per heavy atom. The van der Waals surface area contributed by atoms with Crippen molar-refractivity contribution < 1.29 is 9.63 Å². The van der Waals surface area contributed by atoms with Gasteiger partial charge in [-0.15, -0.1) is 5.10 Å². The predicted octanol–water partition coefficient (Wildman–Crippen LogP) is 0.931. The van der Waals surface area contributed by atoms with Crippen molar-refractivity contribution in [1.29, 1.82) is 0 Å². The van der Waals surface area contributed by atoms with Crippen LogP contribution in [0.4, 0.5) is 4.79 Å². The van der Waals surface area contributed by atoms with Crippen LogP contribution in [0, 0.1) is 0 Å². The molecule has 0 unspecified atom stereocenters. The Balaban J connectivity index is 2.07. The van der Waals surface area contributed by atoms with Gasteiger partial charge >= 0.3 is 11.7 Å². The Morgan fingerprint density at radius 3 is 2.76 bits per heavy atom. The van der Waals surface area contributed by atoms with Gasteiger partial charge in [0, 0.05) is 13.1 Å². The molecule has 0 atom stereocenters. The van der Waals surface area contributed by atoms with Crippen molar-refractivity contribution in [3.8, 4) is 0 Å². The molecule has 1 amide bonds. The third-order valence-corrected chi connectivity index (χ3v) is 2.84. The lowest BCUT2D eigenvalue weighted by atomic mass is 10.1. The molecule has 0 spiro atoms. The van der Waals surface area contributed by atoms with Crippen LogP contribution in [0.2, 0.25) is 5.02 Å². The standard InChI is InChI=1S/C10H12ClN3O3/c11-8-4-5-12-14(9(8)15)17-10(16)13-6-2-1-3-7-13/h4-5H,1-3,6-7H2. The van der Waals surface area contributed by atoms with Gasteiger partial charge in [-0.2, -0.15) is 0 Å². The fourth-order valence-electron chi connectivity index (χ4n) is 1.65. The number of carbonyl (C=O) groups is 1. The second-order valence-corrected chi connectivity index (χ2v) is 4.17. The lowest BCUT2D eigenvalue weighted by Crippen LogP contribution is -2.43. The molecule has 1 fully saturated rings. The molecule has 1 aliphatic heterocycles. The molecule has 0 radical (unpaired) electrons. The Labute approximate surface area is 103 Å². The fraction of sp³-hybridized carbons (Fsp3) is 0.500. The molecule has 2 heterocycles. The molecular weight excluding hydrogens is 246 g/mol. The highest BCUT2D eigenvalue weighted by molar-refractivity contribution is 6.30. The van der Waals surface area contributed by atoms with Crippen molar-refractivity contribution in [1.82, 2.24) is 14.8 Å². The van der Waals surface area contributed by atoms with Crippen molar-refractivity contribution in [3.05, 3.63) is 27.6 Å². The zero-order chi connectivity index (χ0) is 12.3. The number of likely N-dealkylation sites (tertiary alicyclic amines) is 1. The van der Waals surface area contributed by atoms with Crippen molar-refractivity contribution in [2.24, 2.45) is 0 Å². The third kappa shape index (κ3) is 2.76. The second kappa shape index (κ2) is 5.18. The highest BCUT2D eigenvalue weighted by Gasteiger charge is 2.19. The van der Waals surface area contributed by atoms with E-state index < -0.39 is 11.7 Å². The number of hydrogen-bond donors (Lipinski definition) is 0. The first kappa shape index (κ1) is 11.9. The number of nitrogens with zero attached hydrogens (tertiary/aromatic N) is 3. The first-order chi connectivity index (χ1) is 8.18. The van der Waals surface area contributed by atoms with E-state index in [9.17, 15) is 9.59 Å². The molecule has 92 valence electrons. The van der Waals surface area contributed by atoms with Crippen molar-refractivity contribution in [3.63, 3.8) is 0 Å². The first-order valence-electron chi connectivity index (χ1n) is 5.39. The number of halogens is 1.